The van der Waals surface area contributed by atoms with Gasteiger partial charge in [0.1, 0.15) is 17.0 Å². The molecule has 0 heterocycles. The zero-order valence-electron chi connectivity index (χ0n) is 15.4. The molecule has 0 aromatic heterocycles. The van der Waals surface area contributed by atoms with Gasteiger partial charge in [-0.3, -0.25) is 0 Å². The number of allylic oxidation sites excluding steroid dienone is 1. The van der Waals surface area contributed by atoms with Crippen molar-refractivity contribution in [2.75, 3.05) is 6.61 Å². The molecule has 0 aliphatic rings. The van der Waals surface area contributed by atoms with Gasteiger partial charge in [0, 0.05) is 0 Å². The Hall–Kier alpha value is -3.03. The van der Waals surface area contributed by atoms with Crippen molar-refractivity contribution >= 4 is 29.5 Å². The topological polar surface area (TPSA) is 58.9 Å². The van der Waals surface area contributed by atoms with E-state index in [9.17, 15) is 23.1 Å². The van der Waals surface area contributed by atoms with Crippen LogP contribution in [0.2, 0.25) is 0 Å². The SMILES string of the molecule is CCOC(=O)C(/C(=N/B(c1ccccc1)c1ccccc1)C(F)(F)F)=C(\C)O. The van der Waals surface area contributed by atoms with Gasteiger partial charge in [-0.2, -0.15) is 13.2 Å². The first kappa shape index (κ1) is 21.3. The van der Waals surface area contributed by atoms with E-state index in [-0.39, 0.29) is 6.61 Å². The zero-order valence-corrected chi connectivity index (χ0v) is 15.4. The molecule has 8 heteroatoms. The van der Waals surface area contributed by atoms with E-state index in [1.54, 1.807) is 60.7 Å². The first-order valence-corrected chi connectivity index (χ1v) is 8.58. The Bertz CT molecular complexity index is 822. The molecule has 0 spiro atoms. The number of benzene rings is 2. The fourth-order valence-corrected chi connectivity index (χ4v) is 2.64. The van der Waals surface area contributed by atoms with Gasteiger partial charge in [0.25, 0.3) is 0 Å². The van der Waals surface area contributed by atoms with E-state index in [2.05, 4.69) is 4.90 Å². The van der Waals surface area contributed by atoms with Crippen LogP contribution in [0.4, 0.5) is 13.2 Å². The lowest BCUT2D eigenvalue weighted by Gasteiger charge is -2.18. The first-order chi connectivity index (χ1) is 13.3. The van der Waals surface area contributed by atoms with Crippen LogP contribution in [0.15, 0.2) is 76.9 Å². The van der Waals surface area contributed by atoms with Crippen molar-refractivity contribution in [2.24, 2.45) is 4.90 Å². The minimum Gasteiger partial charge on any atom is -0.512 e. The maximum Gasteiger partial charge on any atom is 0.432 e. The molecule has 28 heavy (non-hydrogen) atoms. The number of aliphatic hydroxyl groups excluding tert-OH is 1. The predicted octanol–water partition coefficient (Wildman–Crippen LogP) is 3.19. The van der Waals surface area contributed by atoms with Gasteiger partial charge < -0.3 is 14.7 Å². The van der Waals surface area contributed by atoms with E-state index in [1.165, 1.54) is 6.92 Å². The summed E-state index contributed by atoms with van der Waals surface area (Å²) in [6, 6.07) is 16.8. The van der Waals surface area contributed by atoms with Crippen molar-refractivity contribution in [3.8, 4) is 0 Å². The molecule has 0 aliphatic carbocycles. The number of alkyl halides is 3. The van der Waals surface area contributed by atoms with Gasteiger partial charge in [0.05, 0.1) is 6.61 Å². The van der Waals surface area contributed by atoms with Gasteiger partial charge in [0.2, 0.25) is 0 Å². The largest absolute Gasteiger partial charge is 0.512 e. The summed E-state index contributed by atoms with van der Waals surface area (Å²) >= 11 is 0. The highest BCUT2D eigenvalue weighted by atomic mass is 19.4. The number of rotatable bonds is 6. The highest BCUT2D eigenvalue weighted by molar-refractivity contribution is 6.84. The van der Waals surface area contributed by atoms with Crippen molar-refractivity contribution in [3.63, 3.8) is 0 Å². The summed E-state index contributed by atoms with van der Waals surface area (Å²) in [4.78, 5) is 16.0. The van der Waals surface area contributed by atoms with Crippen LogP contribution in [-0.2, 0) is 9.53 Å². The van der Waals surface area contributed by atoms with Crippen molar-refractivity contribution in [3.05, 3.63) is 72.0 Å². The number of esters is 1. The monoisotopic (exact) mass is 389 g/mol. The summed E-state index contributed by atoms with van der Waals surface area (Å²) in [5.74, 6) is -2.09. The lowest BCUT2D eigenvalue weighted by molar-refractivity contribution is -0.138. The number of carbonyl (C=O) groups excluding carboxylic acids is 1. The molecule has 2 aromatic rings. The summed E-state index contributed by atoms with van der Waals surface area (Å²) < 4.78 is 46.2. The standard InChI is InChI=1S/C20H19BF3NO3/c1-3-28-19(27)17(14(2)26)18(20(22,23)24)25-21(15-10-6-4-7-11-15)16-12-8-5-9-13-16/h4-13,26H,3H2,1-2H3/b17-14+,25-18-. The summed E-state index contributed by atoms with van der Waals surface area (Å²) in [6.07, 6.45) is -4.98. The second kappa shape index (κ2) is 9.26. The first-order valence-electron chi connectivity index (χ1n) is 8.58. The molecule has 0 saturated carbocycles. The number of halogens is 3. The second-order valence-electron chi connectivity index (χ2n) is 5.88. The lowest BCUT2D eigenvalue weighted by atomic mass is 9.51. The van der Waals surface area contributed by atoms with Crippen LogP contribution in [0.1, 0.15) is 13.8 Å². The van der Waals surface area contributed by atoms with E-state index in [4.69, 9.17) is 4.74 Å². The molecule has 0 unspecified atom stereocenters. The predicted molar refractivity (Wildman–Crippen MR) is 103 cm³/mol. The molecule has 0 atom stereocenters. The summed E-state index contributed by atoms with van der Waals surface area (Å²) in [6.45, 7) is 1.29. The van der Waals surface area contributed by atoms with E-state index >= 15 is 0 Å². The third kappa shape index (κ3) is 5.25. The van der Waals surface area contributed by atoms with Gasteiger partial charge in [-0.25, -0.2) is 4.79 Å². The van der Waals surface area contributed by atoms with Crippen LogP contribution in [0.3, 0.4) is 0 Å². The quantitative estimate of drug-likeness (QED) is 0.272. The minimum atomic E-state index is -4.98. The number of hydrogen-bond acceptors (Lipinski definition) is 4. The fraction of sp³-hybridized carbons (Fsp3) is 0.200. The number of carbonyl (C=O) groups is 1. The minimum absolute atomic E-state index is 0.137. The average molecular weight is 389 g/mol. The van der Waals surface area contributed by atoms with Gasteiger partial charge in [0.15, 0.2) is 0 Å². The molecule has 0 saturated heterocycles. The van der Waals surface area contributed by atoms with Crippen LogP contribution in [-0.4, -0.2) is 36.4 Å². The average Bonchev–Trinajstić information content (AvgIpc) is 2.65. The van der Waals surface area contributed by atoms with Crippen LogP contribution in [0.25, 0.3) is 0 Å². The number of aliphatic hydroxyl groups is 1. The Labute approximate surface area is 161 Å². The van der Waals surface area contributed by atoms with E-state index < -0.39 is 36.0 Å². The summed E-state index contributed by atoms with van der Waals surface area (Å²) in [7, 11) is 0. The van der Waals surface area contributed by atoms with Crippen molar-refractivity contribution < 1.29 is 27.8 Å². The molecular weight excluding hydrogens is 370 g/mol. The van der Waals surface area contributed by atoms with Crippen LogP contribution < -0.4 is 10.9 Å². The Balaban J connectivity index is 2.71. The van der Waals surface area contributed by atoms with Crippen LogP contribution in [0, 0.1) is 0 Å². The molecular formula is C20H19BF3NO3. The maximum absolute atomic E-state index is 13.8. The zero-order chi connectivity index (χ0) is 20.7. The third-order valence-corrected chi connectivity index (χ3v) is 3.84. The molecule has 0 aliphatic heterocycles. The molecule has 1 N–H and O–H groups in total. The number of ether oxygens (including phenoxy) is 1. The van der Waals surface area contributed by atoms with E-state index in [0.29, 0.717) is 10.9 Å². The fourth-order valence-electron chi connectivity index (χ4n) is 2.64. The van der Waals surface area contributed by atoms with Crippen LogP contribution >= 0.6 is 0 Å². The van der Waals surface area contributed by atoms with E-state index in [0.717, 1.165) is 6.92 Å². The highest BCUT2D eigenvalue weighted by Crippen LogP contribution is 2.25. The molecule has 146 valence electrons. The Morgan fingerprint density at radius 2 is 1.50 bits per heavy atom. The van der Waals surface area contributed by atoms with E-state index in [1.807, 2.05) is 0 Å². The molecule has 2 aromatic carbocycles. The van der Waals surface area contributed by atoms with Crippen LogP contribution in [0.5, 0.6) is 0 Å². The number of nitrogens with zero attached hydrogens (tertiary/aromatic N) is 1. The summed E-state index contributed by atoms with van der Waals surface area (Å²) in [5, 5.41) is 9.79. The van der Waals surface area contributed by atoms with Crippen molar-refractivity contribution in [2.45, 2.75) is 20.0 Å². The Kier molecular flexibility index (Phi) is 7.03. The maximum atomic E-state index is 13.8. The van der Waals surface area contributed by atoms with Gasteiger partial charge >= 0.3 is 19.0 Å². The molecule has 4 nitrogen and oxygen atoms in total. The highest BCUT2D eigenvalue weighted by Gasteiger charge is 2.43. The molecule has 0 bridgehead atoms. The van der Waals surface area contributed by atoms with Gasteiger partial charge in [-0.15, -0.1) is 0 Å². The molecule has 0 fully saturated rings. The number of hydrogen-bond donors (Lipinski definition) is 1. The molecule has 0 radical (unpaired) electrons. The van der Waals surface area contributed by atoms with Gasteiger partial charge in [-0.1, -0.05) is 60.7 Å². The Morgan fingerprint density at radius 1 is 1.04 bits per heavy atom. The second-order valence-corrected chi connectivity index (χ2v) is 5.88. The van der Waals surface area contributed by atoms with Gasteiger partial charge in [-0.05, 0) is 24.8 Å². The molecule has 2 rings (SSSR count). The lowest BCUT2D eigenvalue weighted by Crippen LogP contribution is -2.44. The van der Waals surface area contributed by atoms with Crippen molar-refractivity contribution in [1.82, 2.24) is 0 Å². The smallest absolute Gasteiger partial charge is 0.432 e. The normalized spacial score (nSPS) is 13.0. The van der Waals surface area contributed by atoms with Crippen molar-refractivity contribution in [1.29, 1.82) is 0 Å². The third-order valence-electron chi connectivity index (χ3n) is 3.84. The Morgan fingerprint density at radius 3 is 1.86 bits per heavy atom. The molecule has 0 amide bonds. The summed E-state index contributed by atoms with van der Waals surface area (Å²) in [5.41, 5.74) is -1.46.